The van der Waals surface area contributed by atoms with Crippen molar-refractivity contribution in [2.75, 3.05) is 25.3 Å². The van der Waals surface area contributed by atoms with Gasteiger partial charge in [0.15, 0.2) is 5.13 Å². The minimum atomic E-state index is -0.223. The van der Waals surface area contributed by atoms with Crippen molar-refractivity contribution >= 4 is 45.7 Å². The first kappa shape index (κ1) is 22.1. The lowest BCUT2D eigenvalue weighted by molar-refractivity contribution is -0.113. The minimum absolute atomic E-state index is 0.0997. The first-order valence-electron chi connectivity index (χ1n) is 9.22. The van der Waals surface area contributed by atoms with Crippen LogP contribution in [0.4, 0.5) is 5.13 Å². The third-order valence-electron chi connectivity index (χ3n) is 4.28. The molecule has 2 aromatic carbocycles. The van der Waals surface area contributed by atoms with Gasteiger partial charge in [-0.1, -0.05) is 35.5 Å². The summed E-state index contributed by atoms with van der Waals surface area (Å²) in [5, 5.41) is 18.1. The average molecular weight is 489 g/mol. The molecule has 0 atom stereocenters. The number of rotatable bonds is 8. The average Bonchev–Trinajstić information content (AvgIpc) is 3.47. The number of halogens is 1. The quantitative estimate of drug-likeness (QED) is 0.368. The van der Waals surface area contributed by atoms with E-state index in [-0.39, 0.29) is 11.7 Å². The molecule has 0 unspecified atom stereocenters. The molecule has 2 heterocycles. The Bertz CT molecular complexity index is 1230. The van der Waals surface area contributed by atoms with E-state index < -0.39 is 0 Å². The summed E-state index contributed by atoms with van der Waals surface area (Å²) in [7, 11) is 3.13. The number of hydrogen-bond acceptors (Lipinski definition) is 9. The molecule has 0 fully saturated rings. The highest BCUT2D eigenvalue weighted by molar-refractivity contribution is 7.99. The van der Waals surface area contributed by atoms with Crippen molar-refractivity contribution in [1.29, 1.82) is 0 Å². The van der Waals surface area contributed by atoms with Crippen molar-refractivity contribution in [3.8, 4) is 28.4 Å². The van der Waals surface area contributed by atoms with Gasteiger partial charge in [-0.15, -0.1) is 16.4 Å². The van der Waals surface area contributed by atoms with Gasteiger partial charge in [0.05, 0.1) is 25.7 Å². The van der Waals surface area contributed by atoms with E-state index >= 15 is 0 Å². The molecule has 164 valence electrons. The number of thiazole rings is 1. The molecule has 0 spiro atoms. The van der Waals surface area contributed by atoms with Crippen LogP contribution in [-0.2, 0) is 4.79 Å². The van der Waals surface area contributed by atoms with E-state index in [1.165, 1.54) is 27.8 Å². The largest absolute Gasteiger partial charge is 0.497 e. The third-order valence-corrected chi connectivity index (χ3v) is 6.21. The van der Waals surface area contributed by atoms with Gasteiger partial charge in [0.25, 0.3) is 0 Å². The second-order valence-electron chi connectivity index (χ2n) is 6.29. The molecule has 32 heavy (non-hydrogen) atoms. The van der Waals surface area contributed by atoms with Gasteiger partial charge in [-0.2, -0.15) is 4.68 Å². The number of anilines is 1. The van der Waals surface area contributed by atoms with Crippen LogP contribution in [0.3, 0.4) is 0 Å². The zero-order valence-electron chi connectivity index (χ0n) is 17.0. The third kappa shape index (κ3) is 5.01. The normalized spacial score (nSPS) is 10.7. The van der Waals surface area contributed by atoms with Crippen molar-refractivity contribution in [2.45, 2.75) is 5.16 Å². The molecule has 2 aromatic heterocycles. The van der Waals surface area contributed by atoms with E-state index in [9.17, 15) is 4.79 Å². The number of nitrogens with one attached hydrogen (secondary N) is 1. The summed E-state index contributed by atoms with van der Waals surface area (Å²) in [4.78, 5) is 16.9. The van der Waals surface area contributed by atoms with E-state index in [4.69, 9.17) is 21.1 Å². The predicted molar refractivity (Wildman–Crippen MR) is 124 cm³/mol. The summed E-state index contributed by atoms with van der Waals surface area (Å²) in [5.41, 5.74) is 2.29. The highest BCUT2D eigenvalue weighted by Crippen LogP contribution is 2.30. The van der Waals surface area contributed by atoms with Crippen molar-refractivity contribution < 1.29 is 14.3 Å². The fraction of sp³-hybridized carbons (Fsp3) is 0.150. The van der Waals surface area contributed by atoms with Crippen LogP contribution in [0, 0.1) is 0 Å². The van der Waals surface area contributed by atoms with Gasteiger partial charge in [-0.05, 0) is 34.7 Å². The Hall–Kier alpha value is -3.15. The highest BCUT2D eigenvalue weighted by atomic mass is 35.5. The molecule has 0 aliphatic heterocycles. The van der Waals surface area contributed by atoms with Crippen LogP contribution in [-0.4, -0.2) is 51.1 Å². The van der Waals surface area contributed by atoms with Gasteiger partial charge in [-0.25, -0.2) is 4.98 Å². The highest BCUT2D eigenvalue weighted by Gasteiger charge is 2.16. The Morgan fingerprint density at radius 3 is 2.75 bits per heavy atom. The number of carbonyl (C=O) groups is 1. The van der Waals surface area contributed by atoms with E-state index in [0.29, 0.717) is 32.5 Å². The second kappa shape index (κ2) is 9.98. The number of nitrogens with zero attached hydrogens (tertiary/aromatic N) is 5. The maximum absolute atomic E-state index is 12.5. The second-order valence-corrected chi connectivity index (χ2v) is 8.53. The molecule has 0 bridgehead atoms. The molecule has 12 heteroatoms. The van der Waals surface area contributed by atoms with Crippen molar-refractivity contribution in [2.24, 2.45) is 0 Å². The van der Waals surface area contributed by atoms with Crippen LogP contribution < -0.4 is 14.8 Å². The molecule has 9 nitrogen and oxygen atoms in total. The zero-order chi connectivity index (χ0) is 22.5. The molecule has 0 saturated carbocycles. The fourth-order valence-electron chi connectivity index (χ4n) is 2.75. The number of hydrogen-bond donors (Lipinski definition) is 1. The van der Waals surface area contributed by atoms with Gasteiger partial charge in [0, 0.05) is 22.0 Å². The van der Waals surface area contributed by atoms with Crippen LogP contribution in [0.1, 0.15) is 0 Å². The topological polar surface area (TPSA) is 104 Å². The number of benzene rings is 2. The summed E-state index contributed by atoms with van der Waals surface area (Å²) in [6, 6.07) is 12.7. The molecular weight excluding hydrogens is 472 g/mol. The van der Waals surface area contributed by atoms with Crippen LogP contribution in [0.5, 0.6) is 11.5 Å². The Morgan fingerprint density at radius 2 is 2.00 bits per heavy atom. The monoisotopic (exact) mass is 488 g/mol. The maximum atomic E-state index is 12.5. The summed E-state index contributed by atoms with van der Waals surface area (Å²) in [6.07, 6.45) is 0. The Labute approximate surface area is 196 Å². The number of methoxy groups -OCH3 is 2. The van der Waals surface area contributed by atoms with Crippen molar-refractivity contribution in [1.82, 2.24) is 25.2 Å². The Kier molecular flexibility index (Phi) is 6.88. The van der Waals surface area contributed by atoms with Crippen LogP contribution in [0.2, 0.25) is 5.02 Å². The number of amides is 1. The Balaban J connectivity index is 1.42. The van der Waals surface area contributed by atoms with E-state index in [0.717, 1.165) is 11.3 Å². The molecular formula is C20H17ClN6O3S2. The summed E-state index contributed by atoms with van der Waals surface area (Å²) < 4.78 is 12.2. The molecule has 1 amide bonds. The predicted octanol–water partition coefficient (Wildman–Crippen LogP) is 4.19. The lowest BCUT2D eigenvalue weighted by atomic mass is 10.2. The number of ether oxygens (including phenoxy) is 2. The molecule has 0 aliphatic rings. The van der Waals surface area contributed by atoms with E-state index in [2.05, 4.69) is 25.8 Å². The number of thioether (sulfide) groups is 1. The van der Waals surface area contributed by atoms with Crippen LogP contribution in [0.25, 0.3) is 16.9 Å². The first-order chi connectivity index (χ1) is 15.6. The summed E-state index contributed by atoms with van der Waals surface area (Å²) in [6.45, 7) is 0. The van der Waals surface area contributed by atoms with Crippen molar-refractivity contribution in [3.63, 3.8) is 0 Å². The van der Waals surface area contributed by atoms with E-state index in [1.807, 2.05) is 17.5 Å². The summed E-state index contributed by atoms with van der Waals surface area (Å²) >= 11 is 8.47. The molecule has 0 aliphatic carbocycles. The minimum Gasteiger partial charge on any atom is -0.497 e. The molecule has 4 rings (SSSR count). The number of carbonyl (C=O) groups excluding carboxylic acids is 1. The summed E-state index contributed by atoms with van der Waals surface area (Å²) in [5.74, 6) is 1.08. The van der Waals surface area contributed by atoms with Gasteiger partial charge in [-0.3, -0.25) is 4.79 Å². The maximum Gasteiger partial charge on any atom is 0.236 e. The first-order valence-corrected chi connectivity index (χ1v) is 11.5. The van der Waals surface area contributed by atoms with Crippen molar-refractivity contribution in [3.05, 3.63) is 52.9 Å². The van der Waals surface area contributed by atoms with Gasteiger partial charge < -0.3 is 14.8 Å². The number of tetrazole rings is 1. The number of aromatic nitrogens is 5. The van der Waals surface area contributed by atoms with Gasteiger partial charge >= 0.3 is 0 Å². The smallest absolute Gasteiger partial charge is 0.236 e. The lowest BCUT2D eigenvalue weighted by Gasteiger charge is -2.11. The van der Waals surface area contributed by atoms with E-state index in [1.54, 1.807) is 44.6 Å². The van der Waals surface area contributed by atoms with Crippen LogP contribution in [0.15, 0.2) is 53.0 Å². The molecule has 0 saturated heterocycles. The standard InChI is InChI=1S/C20H17ClN6O3S2/c1-29-14-7-8-17(30-2)16(9-14)27-20(24-25-26-27)32-11-18(28)23-19-22-15(10-31-19)12-3-5-13(21)6-4-12/h3-10H,11H2,1-2H3,(H,22,23,28). The van der Waals surface area contributed by atoms with Gasteiger partial charge in [0.1, 0.15) is 17.2 Å². The Morgan fingerprint density at radius 1 is 1.19 bits per heavy atom. The SMILES string of the molecule is COc1ccc(OC)c(-n2nnnc2SCC(=O)Nc2nc(-c3ccc(Cl)cc3)cs2)c1. The fourth-order valence-corrected chi connectivity index (χ4v) is 4.30. The van der Waals surface area contributed by atoms with Crippen LogP contribution >= 0.6 is 34.7 Å². The molecule has 0 radical (unpaired) electrons. The lowest BCUT2D eigenvalue weighted by Crippen LogP contribution is -2.14. The molecule has 4 aromatic rings. The molecule has 1 N–H and O–H groups in total. The zero-order valence-corrected chi connectivity index (χ0v) is 19.4. The van der Waals surface area contributed by atoms with Gasteiger partial charge in [0.2, 0.25) is 11.1 Å².